The number of nitrogens with two attached hydrogens (primary N) is 1. The van der Waals surface area contributed by atoms with Gasteiger partial charge in [0.15, 0.2) is 9.84 Å². The van der Waals surface area contributed by atoms with Crippen LogP contribution < -0.4 is 5.73 Å². The zero-order valence-corrected chi connectivity index (χ0v) is 19.2. The molecule has 1 atom stereocenters. The number of halogens is 1. The van der Waals surface area contributed by atoms with E-state index in [-0.39, 0.29) is 17.1 Å². The van der Waals surface area contributed by atoms with Crippen LogP contribution in [0.4, 0.5) is 0 Å². The number of pyridine rings is 1. The third-order valence-corrected chi connectivity index (χ3v) is 8.64. The molecule has 156 valence electrons. The van der Waals surface area contributed by atoms with Crippen molar-refractivity contribution in [1.29, 1.82) is 0 Å². The molecule has 2 N–H and O–H groups in total. The van der Waals surface area contributed by atoms with Crippen molar-refractivity contribution < 1.29 is 13.2 Å². The standard InChI is InChI=1S/C20H20IN5O3S/c1-25-7-5-16(24-25)13-30(28,29)17-3-2-15(19(22)27)12-20(17,21)11-14-4-8-26-9-6-23-18(26)10-14/h2-10H,11-13H2,1H3,(H2,22,27). The Morgan fingerprint density at radius 2 is 2.07 bits per heavy atom. The first-order chi connectivity index (χ1) is 14.2. The summed E-state index contributed by atoms with van der Waals surface area (Å²) in [4.78, 5) is 16.4. The van der Waals surface area contributed by atoms with Crippen LogP contribution in [-0.2, 0) is 33.9 Å². The Labute approximate surface area is 187 Å². The third-order valence-electron chi connectivity index (χ3n) is 5.05. The maximum atomic E-state index is 13.3. The van der Waals surface area contributed by atoms with Crippen LogP contribution in [0.25, 0.3) is 5.65 Å². The molecule has 0 bridgehead atoms. The number of imidazole rings is 1. The Morgan fingerprint density at radius 1 is 1.27 bits per heavy atom. The summed E-state index contributed by atoms with van der Waals surface area (Å²) in [6, 6.07) is 5.54. The molecule has 8 nitrogen and oxygen atoms in total. The summed E-state index contributed by atoms with van der Waals surface area (Å²) in [5.74, 6) is -0.749. The van der Waals surface area contributed by atoms with Crippen LogP contribution in [0.2, 0.25) is 0 Å². The lowest BCUT2D eigenvalue weighted by Gasteiger charge is -2.33. The average Bonchev–Trinajstić information content (AvgIpc) is 3.28. The zero-order valence-electron chi connectivity index (χ0n) is 16.2. The molecular formula is C20H20IN5O3S. The van der Waals surface area contributed by atoms with Gasteiger partial charge in [0.2, 0.25) is 5.91 Å². The molecule has 0 saturated heterocycles. The molecule has 0 saturated carbocycles. The lowest BCUT2D eigenvalue weighted by atomic mass is 9.88. The van der Waals surface area contributed by atoms with Gasteiger partial charge in [-0.1, -0.05) is 28.7 Å². The summed E-state index contributed by atoms with van der Waals surface area (Å²) >= 11 is 2.15. The van der Waals surface area contributed by atoms with E-state index in [0.717, 1.165) is 11.2 Å². The summed E-state index contributed by atoms with van der Waals surface area (Å²) < 4.78 is 29.3. The average molecular weight is 537 g/mol. The minimum absolute atomic E-state index is 0.205. The SMILES string of the molecule is Cn1ccc(CS(=O)(=O)C2=CC=C(C(N)=O)CC2(I)Cc2ccn3ccnc3c2)n1. The molecule has 1 amide bonds. The Hall–Kier alpha value is -2.47. The fourth-order valence-electron chi connectivity index (χ4n) is 3.67. The van der Waals surface area contributed by atoms with Gasteiger partial charge < -0.3 is 10.1 Å². The number of alkyl halides is 1. The van der Waals surface area contributed by atoms with Crippen molar-refractivity contribution in [3.8, 4) is 0 Å². The Balaban J connectivity index is 1.73. The van der Waals surface area contributed by atoms with Crippen molar-refractivity contribution in [2.75, 3.05) is 0 Å². The lowest BCUT2D eigenvalue weighted by Crippen LogP contribution is -2.36. The van der Waals surface area contributed by atoms with E-state index in [1.807, 2.05) is 28.9 Å². The monoisotopic (exact) mass is 537 g/mol. The van der Waals surface area contributed by atoms with Crippen LogP contribution in [0, 0.1) is 0 Å². The fourth-order valence-corrected chi connectivity index (χ4v) is 7.39. The molecule has 1 aliphatic carbocycles. The van der Waals surface area contributed by atoms with Gasteiger partial charge in [0.1, 0.15) is 5.65 Å². The second-order valence-corrected chi connectivity index (χ2v) is 11.4. The highest BCUT2D eigenvalue weighted by atomic mass is 127. The molecule has 3 aromatic heterocycles. The summed E-state index contributed by atoms with van der Waals surface area (Å²) in [5.41, 5.74) is 8.08. The smallest absolute Gasteiger partial charge is 0.244 e. The molecule has 1 unspecified atom stereocenters. The summed E-state index contributed by atoms with van der Waals surface area (Å²) in [6.45, 7) is 0. The molecule has 0 aliphatic heterocycles. The van der Waals surface area contributed by atoms with E-state index in [0.29, 0.717) is 17.7 Å². The van der Waals surface area contributed by atoms with Gasteiger partial charge in [-0.2, -0.15) is 5.10 Å². The number of carbonyl (C=O) groups is 1. The molecule has 3 heterocycles. The van der Waals surface area contributed by atoms with Crippen molar-refractivity contribution in [2.24, 2.45) is 12.8 Å². The molecule has 0 radical (unpaired) electrons. The maximum Gasteiger partial charge on any atom is 0.244 e. The van der Waals surface area contributed by atoms with E-state index in [2.05, 4.69) is 32.7 Å². The molecule has 0 aromatic carbocycles. The van der Waals surface area contributed by atoms with Gasteiger partial charge in [-0.15, -0.1) is 0 Å². The van der Waals surface area contributed by atoms with Gasteiger partial charge in [-0.3, -0.25) is 9.48 Å². The first kappa shape index (κ1) is 20.8. The molecule has 3 aromatic rings. The second-order valence-electron chi connectivity index (χ2n) is 7.37. The molecule has 0 spiro atoms. The summed E-state index contributed by atoms with van der Waals surface area (Å²) in [6.07, 6.45) is 10.8. The highest BCUT2D eigenvalue weighted by Gasteiger charge is 2.42. The molecular weight excluding hydrogens is 517 g/mol. The third kappa shape index (κ3) is 4.06. The van der Waals surface area contributed by atoms with Gasteiger partial charge in [-0.05, 0) is 42.7 Å². The number of sulfone groups is 1. The lowest BCUT2D eigenvalue weighted by molar-refractivity contribution is -0.114. The minimum atomic E-state index is -3.67. The van der Waals surface area contributed by atoms with Crippen LogP contribution >= 0.6 is 22.6 Å². The molecule has 10 heteroatoms. The number of hydrogen-bond donors (Lipinski definition) is 1. The minimum Gasteiger partial charge on any atom is -0.366 e. The van der Waals surface area contributed by atoms with Gasteiger partial charge >= 0.3 is 0 Å². The Kier molecular flexibility index (Phi) is 5.30. The number of aryl methyl sites for hydroxylation is 1. The molecule has 0 fully saturated rings. The number of fused-ring (bicyclic) bond motifs is 1. The van der Waals surface area contributed by atoms with Crippen molar-refractivity contribution in [3.05, 3.63) is 76.9 Å². The molecule has 1 aliphatic rings. The quantitative estimate of drug-likeness (QED) is 0.383. The van der Waals surface area contributed by atoms with Gasteiger partial charge in [-0.25, -0.2) is 13.4 Å². The number of hydrogen-bond acceptors (Lipinski definition) is 5. The highest BCUT2D eigenvalue weighted by Crippen LogP contribution is 2.44. The Bertz CT molecular complexity index is 1300. The van der Waals surface area contributed by atoms with Crippen LogP contribution in [0.5, 0.6) is 0 Å². The molecule has 4 rings (SSSR count). The van der Waals surface area contributed by atoms with E-state index in [1.54, 1.807) is 30.2 Å². The van der Waals surface area contributed by atoms with Crippen molar-refractivity contribution >= 4 is 44.0 Å². The van der Waals surface area contributed by atoms with E-state index < -0.39 is 19.2 Å². The molecule has 30 heavy (non-hydrogen) atoms. The van der Waals surface area contributed by atoms with Gasteiger partial charge in [0.25, 0.3) is 0 Å². The van der Waals surface area contributed by atoms with Crippen LogP contribution in [0.3, 0.4) is 0 Å². The van der Waals surface area contributed by atoms with Crippen LogP contribution in [-0.4, -0.2) is 36.9 Å². The summed E-state index contributed by atoms with van der Waals surface area (Å²) in [7, 11) is -1.93. The van der Waals surface area contributed by atoms with Gasteiger partial charge in [0, 0.05) is 37.4 Å². The highest BCUT2D eigenvalue weighted by molar-refractivity contribution is 14.1. The largest absolute Gasteiger partial charge is 0.366 e. The normalized spacial score (nSPS) is 19.5. The predicted octanol–water partition coefficient (Wildman–Crippen LogP) is 2.10. The number of allylic oxidation sites excluding steroid dienone is 3. The van der Waals surface area contributed by atoms with Gasteiger partial charge in [0.05, 0.1) is 19.8 Å². The number of aromatic nitrogens is 4. The Morgan fingerprint density at radius 3 is 2.77 bits per heavy atom. The topological polar surface area (TPSA) is 112 Å². The van der Waals surface area contributed by atoms with E-state index in [4.69, 9.17) is 5.73 Å². The first-order valence-electron chi connectivity index (χ1n) is 9.19. The predicted molar refractivity (Wildman–Crippen MR) is 121 cm³/mol. The van der Waals surface area contributed by atoms with Crippen molar-refractivity contribution in [2.45, 2.75) is 22.0 Å². The number of rotatable bonds is 6. The fraction of sp³-hybridized carbons (Fsp3) is 0.250. The zero-order chi connectivity index (χ0) is 21.5. The number of primary amides is 1. The second kappa shape index (κ2) is 7.65. The van der Waals surface area contributed by atoms with Crippen LogP contribution in [0.15, 0.2) is 65.6 Å². The van der Waals surface area contributed by atoms with Crippen molar-refractivity contribution in [1.82, 2.24) is 19.2 Å². The summed E-state index contributed by atoms with van der Waals surface area (Å²) in [5, 5.41) is 4.20. The van der Waals surface area contributed by atoms with Crippen LogP contribution in [0.1, 0.15) is 17.7 Å². The number of carbonyl (C=O) groups excluding carboxylic acids is 1. The van der Waals surface area contributed by atoms with Crippen molar-refractivity contribution in [3.63, 3.8) is 0 Å². The maximum absolute atomic E-state index is 13.3. The van der Waals surface area contributed by atoms with E-state index >= 15 is 0 Å². The first-order valence-corrected chi connectivity index (χ1v) is 11.9. The number of nitrogens with zero attached hydrogens (tertiary/aromatic N) is 4. The number of amides is 1. The van der Waals surface area contributed by atoms with E-state index in [1.165, 1.54) is 12.2 Å². The van der Waals surface area contributed by atoms with E-state index in [9.17, 15) is 13.2 Å².